The molecule has 2 unspecified atom stereocenters. The molecule has 2 N–H and O–H groups in total. The SMILES string of the molecule is COc1ccc(C)cc1C(N)C(C)Oc1cccc(Cl)c1. The highest BCUT2D eigenvalue weighted by Gasteiger charge is 2.20. The summed E-state index contributed by atoms with van der Waals surface area (Å²) in [5.74, 6) is 1.48. The summed E-state index contributed by atoms with van der Waals surface area (Å²) in [5.41, 5.74) is 8.40. The molecule has 0 aliphatic carbocycles. The third-order valence-corrected chi connectivity index (χ3v) is 3.60. The number of hydrogen-bond donors (Lipinski definition) is 1. The van der Waals surface area contributed by atoms with Gasteiger partial charge in [-0.3, -0.25) is 0 Å². The Hall–Kier alpha value is -1.71. The van der Waals surface area contributed by atoms with Crippen LogP contribution >= 0.6 is 11.6 Å². The normalized spacial score (nSPS) is 13.6. The summed E-state index contributed by atoms with van der Waals surface area (Å²) in [6.45, 7) is 3.96. The number of aryl methyl sites for hydroxylation is 1. The fraction of sp³-hybridized carbons (Fsp3) is 0.294. The van der Waals surface area contributed by atoms with E-state index in [1.165, 1.54) is 0 Å². The van der Waals surface area contributed by atoms with Crippen molar-refractivity contribution in [2.75, 3.05) is 7.11 Å². The van der Waals surface area contributed by atoms with E-state index >= 15 is 0 Å². The van der Waals surface area contributed by atoms with Crippen molar-refractivity contribution in [2.45, 2.75) is 26.0 Å². The van der Waals surface area contributed by atoms with E-state index in [2.05, 4.69) is 0 Å². The van der Waals surface area contributed by atoms with Gasteiger partial charge in [0.25, 0.3) is 0 Å². The molecule has 0 aromatic heterocycles. The topological polar surface area (TPSA) is 44.5 Å². The van der Waals surface area contributed by atoms with E-state index < -0.39 is 0 Å². The Morgan fingerprint density at radius 1 is 1.14 bits per heavy atom. The second kappa shape index (κ2) is 6.83. The predicted octanol–water partition coefficient (Wildman–Crippen LogP) is 4.12. The van der Waals surface area contributed by atoms with Crippen LogP contribution in [0.3, 0.4) is 0 Å². The Labute approximate surface area is 130 Å². The van der Waals surface area contributed by atoms with Crippen LogP contribution in [0.25, 0.3) is 0 Å². The molecule has 0 heterocycles. The van der Waals surface area contributed by atoms with E-state index in [9.17, 15) is 0 Å². The highest BCUT2D eigenvalue weighted by molar-refractivity contribution is 6.30. The van der Waals surface area contributed by atoms with Crippen molar-refractivity contribution < 1.29 is 9.47 Å². The summed E-state index contributed by atoms with van der Waals surface area (Å²) in [5, 5.41) is 0.640. The Morgan fingerprint density at radius 3 is 2.57 bits per heavy atom. The average molecular weight is 306 g/mol. The Balaban J connectivity index is 2.19. The predicted molar refractivity (Wildman–Crippen MR) is 86.2 cm³/mol. The van der Waals surface area contributed by atoms with Crippen molar-refractivity contribution >= 4 is 11.6 Å². The third-order valence-electron chi connectivity index (χ3n) is 3.37. The molecular weight excluding hydrogens is 286 g/mol. The first-order chi connectivity index (χ1) is 10.0. The molecule has 21 heavy (non-hydrogen) atoms. The molecule has 0 aliphatic heterocycles. The maximum atomic E-state index is 6.33. The third kappa shape index (κ3) is 3.90. The van der Waals surface area contributed by atoms with Crippen LogP contribution in [0.5, 0.6) is 11.5 Å². The minimum absolute atomic E-state index is 0.209. The minimum atomic E-state index is -0.293. The van der Waals surface area contributed by atoms with Crippen LogP contribution in [0.1, 0.15) is 24.1 Å². The molecule has 3 nitrogen and oxygen atoms in total. The monoisotopic (exact) mass is 305 g/mol. The van der Waals surface area contributed by atoms with Gasteiger partial charge < -0.3 is 15.2 Å². The fourth-order valence-corrected chi connectivity index (χ4v) is 2.38. The number of benzene rings is 2. The molecule has 2 aromatic carbocycles. The lowest BCUT2D eigenvalue weighted by molar-refractivity contribution is 0.188. The van der Waals surface area contributed by atoms with Crippen molar-refractivity contribution in [3.05, 3.63) is 58.6 Å². The maximum absolute atomic E-state index is 6.33. The molecule has 0 saturated carbocycles. The van der Waals surface area contributed by atoms with Gasteiger partial charge in [0.2, 0.25) is 0 Å². The Kier molecular flexibility index (Phi) is 5.10. The highest BCUT2D eigenvalue weighted by atomic mass is 35.5. The number of hydrogen-bond acceptors (Lipinski definition) is 3. The molecule has 0 amide bonds. The molecule has 2 aromatic rings. The van der Waals surface area contributed by atoms with Gasteiger partial charge in [0.05, 0.1) is 13.2 Å². The maximum Gasteiger partial charge on any atom is 0.123 e. The van der Waals surface area contributed by atoms with E-state index in [4.69, 9.17) is 26.8 Å². The van der Waals surface area contributed by atoms with Crippen molar-refractivity contribution in [1.82, 2.24) is 0 Å². The Bertz CT molecular complexity index is 615. The largest absolute Gasteiger partial charge is 0.496 e. The van der Waals surface area contributed by atoms with Crippen LogP contribution in [0.4, 0.5) is 0 Å². The molecule has 0 saturated heterocycles. The van der Waals surface area contributed by atoms with E-state index in [0.29, 0.717) is 10.8 Å². The zero-order chi connectivity index (χ0) is 15.4. The summed E-state index contributed by atoms with van der Waals surface area (Å²) in [6.07, 6.45) is -0.209. The summed E-state index contributed by atoms with van der Waals surface area (Å²) in [7, 11) is 1.64. The van der Waals surface area contributed by atoms with Gasteiger partial charge in [-0.15, -0.1) is 0 Å². The molecule has 2 rings (SSSR count). The van der Waals surface area contributed by atoms with Crippen molar-refractivity contribution in [3.8, 4) is 11.5 Å². The number of ether oxygens (including phenoxy) is 2. The highest BCUT2D eigenvalue weighted by Crippen LogP contribution is 2.29. The average Bonchev–Trinajstić information content (AvgIpc) is 2.46. The molecular formula is C17H20ClNO2. The van der Waals surface area contributed by atoms with Gasteiger partial charge in [0, 0.05) is 10.6 Å². The first-order valence-corrected chi connectivity index (χ1v) is 7.21. The zero-order valence-electron chi connectivity index (χ0n) is 12.5. The fourth-order valence-electron chi connectivity index (χ4n) is 2.20. The number of nitrogens with two attached hydrogens (primary N) is 1. The van der Waals surface area contributed by atoms with E-state index in [-0.39, 0.29) is 12.1 Å². The number of rotatable bonds is 5. The van der Waals surface area contributed by atoms with E-state index in [0.717, 1.165) is 16.9 Å². The number of halogens is 1. The van der Waals surface area contributed by atoms with Gasteiger partial charge in [0.15, 0.2) is 0 Å². The molecule has 112 valence electrons. The van der Waals surface area contributed by atoms with Crippen LogP contribution in [0, 0.1) is 6.92 Å². The van der Waals surface area contributed by atoms with Crippen molar-refractivity contribution in [2.24, 2.45) is 5.73 Å². The van der Waals surface area contributed by atoms with Gasteiger partial charge >= 0.3 is 0 Å². The van der Waals surface area contributed by atoms with Gasteiger partial charge in [-0.1, -0.05) is 35.4 Å². The van der Waals surface area contributed by atoms with Crippen LogP contribution in [-0.4, -0.2) is 13.2 Å². The first kappa shape index (κ1) is 15.7. The van der Waals surface area contributed by atoms with Crippen LogP contribution < -0.4 is 15.2 Å². The van der Waals surface area contributed by atoms with Crippen molar-refractivity contribution in [1.29, 1.82) is 0 Å². The van der Waals surface area contributed by atoms with E-state index in [1.807, 2.05) is 50.2 Å². The second-order valence-electron chi connectivity index (χ2n) is 5.05. The standard InChI is InChI=1S/C17H20ClNO2/c1-11-7-8-16(20-3)15(9-11)17(19)12(2)21-14-6-4-5-13(18)10-14/h4-10,12,17H,19H2,1-3H3. The lowest BCUT2D eigenvalue weighted by Gasteiger charge is -2.23. The molecule has 0 aliphatic rings. The van der Waals surface area contributed by atoms with Gasteiger partial charge in [0.1, 0.15) is 17.6 Å². The quantitative estimate of drug-likeness (QED) is 0.903. The van der Waals surface area contributed by atoms with Crippen LogP contribution in [0.15, 0.2) is 42.5 Å². The molecule has 0 fully saturated rings. The molecule has 2 atom stereocenters. The Morgan fingerprint density at radius 2 is 1.90 bits per heavy atom. The summed E-state index contributed by atoms with van der Waals surface area (Å²) < 4.78 is 11.3. The smallest absolute Gasteiger partial charge is 0.123 e. The molecule has 0 radical (unpaired) electrons. The van der Waals surface area contributed by atoms with Crippen LogP contribution in [-0.2, 0) is 0 Å². The molecule has 0 bridgehead atoms. The lowest BCUT2D eigenvalue weighted by Crippen LogP contribution is -2.29. The van der Waals surface area contributed by atoms with Gasteiger partial charge in [-0.2, -0.15) is 0 Å². The summed E-state index contributed by atoms with van der Waals surface area (Å²) in [6, 6.07) is 13.0. The molecule has 4 heteroatoms. The van der Waals surface area contributed by atoms with Gasteiger partial charge in [-0.25, -0.2) is 0 Å². The molecule has 0 spiro atoms. The first-order valence-electron chi connectivity index (χ1n) is 6.83. The van der Waals surface area contributed by atoms with Crippen molar-refractivity contribution in [3.63, 3.8) is 0 Å². The van der Waals surface area contributed by atoms with E-state index in [1.54, 1.807) is 13.2 Å². The zero-order valence-corrected chi connectivity index (χ0v) is 13.2. The lowest BCUT2D eigenvalue weighted by atomic mass is 10.00. The second-order valence-corrected chi connectivity index (χ2v) is 5.49. The minimum Gasteiger partial charge on any atom is -0.496 e. The van der Waals surface area contributed by atoms with Gasteiger partial charge in [-0.05, 0) is 38.1 Å². The number of methoxy groups -OCH3 is 1. The summed E-state index contributed by atoms with van der Waals surface area (Å²) in [4.78, 5) is 0. The van der Waals surface area contributed by atoms with Crippen LogP contribution in [0.2, 0.25) is 5.02 Å². The summed E-state index contributed by atoms with van der Waals surface area (Å²) >= 11 is 5.96.